The van der Waals surface area contributed by atoms with Crippen LogP contribution >= 0.6 is 0 Å². The number of hydrogen-bond donors (Lipinski definition) is 1. The number of rotatable bonds is 4. The van der Waals surface area contributed by atoms with Crippen molar-refractivity contribution in [1.29, 1.82) is 0 Å². The number of aryl methyl sites for hydroxylation is 2. The highest BCUT2D eigenvalue weighted by atomic mass is 16.5. The molecule has 0 radical (unpaired) electrons. The van der Waals surface area contributed by atoms with Crippen molar-refractivity contribution >= 4 is 0 Å². The maximum absolute atomic E-state index is 6.03. The fourth-order valence-electron chi connectivity index (χ4n) is 3.12. The molecule has 19 heavy (non-hydrogen) atoms. The van der Waals surface area contributed by atoms with Gasteiger partial charge in [0.05, 0.1) is 6.10 Å². The fraction of sp³-hybridized carbons (Fsp3) is 0.625. The number of hydrogen-bond acceptors (Lipinski definition) is 3. The van der Waals surface area contributed by atoms with E-state index in [1.54, 1.807) is 0 Å². The normalized spacial score (nSPS) is 19.6. The van der Waals surface area contributed by atoms with Gasteiger partial charge in [0.2, 0.25) is 0 Å². The van der Waals surface area contributed by atoms with Crippen molar-refractivity contribution in [1.82, 2.24) is 4.90 Å². The van der Waals surface area contributed by atoms with Crippen LogP contribution < -0.4 is 5.73 Å². The third-order valence-corrected chi connectivity index (χ3v) is 4.10. The Kier molecular flexibility index (Phi) is 4.97. The summed E-state index contributed by atoms with van der Waals surface area (Å²) in [4.78, 5) is 2.50. The molecule has 3 nitrogen and oxygen atoms in total. The highest BCUT2D eigenvalue weighted by molar-refractivity contribution is 5.31. The number of benzene rings is 1. The van der Waals surface area contributed by atoms with Crippen molar-refractivity contribution < 1.29 is 4.74 Å². The molecule has 1 atom stereocenters. The second kappa shape index (κ2) is 6.51. The lowest BCUT2D eigenvalue weighted by atomic mass is 9.97. The van der Waals surface area contributed by atoms with Crippen LogP contribution in [0.2, 0.25) is 0 Å². The van der Waals surface area contributed by atoms with Crippen molar-refractivity contribution in [3.63, 3.8) is 0 Å². The van der Waals surface area contributed by atoms with Gasteiger partial charge in [0.25, 0.3) is 0 Å². The molecule has 1 aliphatic heterocycles. The van der Waals surface area contributed by atoms with Crippen LogP contribution in [0.3, 0.4) is 0 Å². The first kappa shape index (κ1) is 14.5. The molecular weight excluding hydrogens is 236 g/mol. The van der Waals surface area contributed by atoms with Gasteiger partial charge in [-0.1, -0.05) is 29.3 Å². The fourth-order valence-corrected chi connectivity index (χ4v) is 3.12. The predicted octanol–water partition coefficient (Wildman–Crippen LogP) is 2.41. The number of methoxy groups -OCH3 is 1. The van der Waals surface area contributed by atoms with Gasteiger partial charge in [0, 0.05) is 32.8 Å². The van der Waals surface area contributed by atoms with E-state index in [0.29, 0.717) is 18.7 Å². The largest absolute Gasteiger partial charge is 0.381 e. The van der Waals surface area contributed by atoms with Crippen molar-refractivity contribution in [3.8, 4) is 0 Å². The SMILES string of the molecule is COC1CCN(C(CN)c2cc(C)cc(C)c2)CC1. The zero-order valence-corrected chi connectivity index (χ0v) is 12.4. The molecule has 1 aliphatic rings. The van der Waals surface area contributed by atoms with Gasteiger partial charge in [-0.25, -0.2) is 0 Å². The van der Waals surface area contributed by atoms with Gasteiger partial charge in [0.1, 0.15) is 0 Å². The van der Waals surface area contributed by atoms with Gasteiger partial charge < -0.3 is 10.5 Å². The van der Waals surface area contributed by atoms with Gasteiger partial charge >= 0.3 is 0 Å². The lowest BCUT2D eigenvalue weighted by Gasteiger charge is -2.37. The lowest BCUT2D eigenvalue weighted by molar-refractivity contribution is 0.0280. The summed E-state index contributed by atoms with van der Waals surface area (Å²) in [6.45, 7) is 7.14. The summed E-state index contributed by atoms with van der Waals surface area (Å²) in [5.41, 5.74) is 10.0. The zero-order chi connectivity index (χ0) is 13.8. The molecule has 1 aromatic carbocycles. The topological polar surface area (TPSA) is 38.5 Å². The Balaban J connectivity index is 2.11. The quantitative estimate of drug-likeness (QED) is 0.905. The molecule has 3 heteroatoms. The summed E-state index contributed by atoms with van der Waals surface area (Å²) in [6, 6.07) is 7.10. The van der Waals surface area contributed by atoms with E-state index in [2.05, 4.69) is 36.9 Å². The molecule has 1 saturated heterocycles. The zero-order valence-electron chi connectivity index (χ0n) is 12.4. The van der Waals surface area contributed by atoms with Gasteiger partial charge in [-0.05, 0) is 32.3 Å². The molecule has 0 bridgehead atoms. The molecule has 1 fully saturated rings. The van der Waals surface area contributed by atoms with Gasteiger partial charge in [0.15, 0.2) is 0 Å². The van der Waals surface area contributed by atoms with Crippen LogP contribution in [-0.2, 0) is 4.74 Å². The summed E-state index contributed by atoms with van der Waals surface area (Å²) >= 11 is 0. The molecule has 1 heterocycles. The summed E-state index contributed by atoms with van der Waals surface area (Å²) in [7, 11) is 1.81. The molecule has 106 valence electrons. The highest BCUT2D eigenvalue weighted by Crippen LogP contribution is 2.26. The summed E-state index contributed by atoms with van der Waals surface area (Å²) in [6.07, 6.45) is 2.64. The second-order valence-corrected chi connectivity index (χ2v) is 5.64. The maximum atomic E-state index is 6.03. The first-order valence-electron chi connectivity index (χ1n) is 7.19. The monoisotopic (exact) mass is 262 g/mol. The first-order chi connectivity index (χ1) is 9.13. The molecule has 0 spiro atoms. The molecule has 2 rings (SSSR count). The van der Waals surface area contributed by atoms with E-state index < -0.39 is 0 Å². The number of likely N-dealkylation sites (tertiary alicyclic amines) is 1. The number of piperidine rings is 1. The van der Waals surface area contributed by atoms with Crippen LogP contribution in [0.4, 0.5) is 0 Å². The molecular formula is C16H26N2O. The summed E-state index contributed by atoms with van der Waals surface area (Å²) in [5.74, 6) is 0. The van der Waals surface area contributed by atoms with Crippen molar-refractivity contribution in [3.05, 3.63) is 34.9 Å². The van der Waals surface area contributed by atoms with E-state index in [-0.39, 0.29) is 0 Å². The molecule has 1 aromatic rings. The van der Waals surface area contributed by atoms with E-state index in [0.717, 1.165) is 25.9 Å². The Morgan fingerprint density at radius 3 is 2.26 bits per heavy atom. The number of nitrogens with zero attached hydrogens (tertiary/aromatic N) is 1. The standard InChI is InChI=1S/C16H26N2O/c1-12-8-13(2)10-14(9-12)16(11-17)18-6-4-15(19-3)5-7-18/h8-10,15-16H,4-7,11,17H2,1-3H3. The molecule has 0 aliphatic carbocycles. The van der Waals surface area contributed by atoms with Crippen LogP contribution in [0.15, 0.2) is 18.2 Å². The van der Waals surface area contributed by atoms with E-state index in [1.165, 1.54) is 16.7 Å². The van der Waals surface area contributed by atoms with Crippen LogP contribution in [-0.4, -0.2) is 37.7 Å². The van der Waals surface area contributed by atoms with Crippen LogP contribution in [0.5, 0.6) is 0 Å². The van der Waals surface area contributed by atoms with Crippen molar-refractivity contribution in [2.45, 2.75) is 38.8 Å². The highest BCUT2D eigenvalue weighted by Gasteiger charge is 2.25. The second-order valence-electron chi connectivity index (χ2n) is 5.64. The van der Waals surface area contributed by atoms with Crippen LogP contribution in [0, 0.1) is 13.8 Å². The van der Waals surface area contributed by atoms with Crippen LogP contribution in [0.1, 0.15) is 35.6 Å². The van der Waals surface area contributed by atoms with Gasteiger partial charge in [-0.15, -0.1) is 0 Å². The molecule has 2 N–H and O–H groups in total. The minimum atomic E-state index is 0.344. The minimum absolute atomic E-state index is 0.344. The van der Waals surface area contributed by atoms with E-state index >= 15 is 0 Å². The third kappa shape index (κ3) is 3.56. The molecule has 0 saturated carbocycles. The Morgan fingerprint density at radius 2 is 1.79 bits per heavy atom. The Hall–Kier alpha value is -0.900. The number of ether oxygens (including phenoxy) is 1. The maximum Gasteiger partial charge on any atom is 0.0595 e. The van der Waals surface area contributed by atoms with Crippen LogP contribution in [0.25, 0.3) is 0 Å². The Morgan fingerprint density at radius 1 is 1.21 bits per heavy atom. The average molecular weight is 262 g/mol. The third-order valence-electron chi connectivity index (χ3n) is 4.10. The van der Waals surface area contributed by atoms with E-state index in [4.69, 9.17) is 10.5 Å². The Labute approximate surface area is 116 Å². The predicted molar refractivity (Wildman–Crippen MR) is 79.3 cm³/mol. The number of nitrogens with two attached hydrogens (primary N) is 1. The van der Waals surface area contributed by atoms with Gasteiger partial charge in [-0.2, -0.15) is 0 Å². The first-order valence-corrected chi connectivity index (χ1v) is 7.19. The molecule has 0 amide bonds. The van der Waals surface area contributed by atoms with Crippen molar-refractivity contribution in [2.24, 2.45) is 5.73 Å². The Bertz CT molecular complexity index is 391. The smallest absolute Gasteiger partial charge is 0.0595 e. The van der Waals surface area contributed by atoms with E-state index in [1.807, 2.05) is 7.11 Å². The molecule has 1 unspecified atom stereocenters. The van der Waals surface area contributed by atoms with Crippen molar-refractivity contribution in [2.75, 3.05) is 26.7 Å². The summed E-state index contributed by atoms with van der Waals surface area (Å²) in [5, 5.41) is 0. The summed E-state index contributed by atoms with van der Waals surface area (Å²) < 4.78 is 5.44. The molecule has 0 aromatic heterocycles. The lowest BCUT2D eigenvalue weighted by Crippen LogP contribution is -2.41. The van der Waals surface area contributed by atoms with E-state index in [9.17, 15) is 0 Å². The average Bonchev–Trinajstić information content (AvgIpc) is 2.39. The minimum Gasteiger partial charge on any atom is -0.381 e. The van der Waals surface area contributed by atoms with Gasteiger partial charge in [-0.3, -0.25) is 4.90 Å².